The van der Waals surface area contributed by atoms with E-state index >= 15 is 0 Å². The molecule has 3 rings (SSSR count). The van der Waals surface area contributed by atoms with Gasteiger partial charge in [-0.1, -0.05) is 59.6 Å². The molecule has 0 fully saturated rings. The van der Waals surface area contributed by atoms with Crippen molar-refractivity contribution in [3.8, 4) is 5.75 Å². The monoisotopic (exact) mass is 414 g/mol. The van der Waals surface area contributed by atoms with Gasteiger partial charge in [0.15, 0.2) is 0 Å². The maximum Gasteiger partial charge on any atom is 0.243 e. The lowest BCUT2D eigenvalue weighted by molar-refractivity contribution is -0.114. The third-order valence-corrected chi connectivity index (χ3v) is 4.73. The first-order chi connectivity index (χ1) is 13.6. The van der Waals surface area contributed by atoms with Gasteiger partial charge in [0.2, 0.25) is 5.91 Å². The molecule has 0 radical (unpaired) electrons. The van der Waals surface area contributed by atoms with Crippen molar-refractivity contribution < 1.29 is 9.53 Å². The van der Waals surface area contributed by atoms with Crippen LogP contribution in [0.4, 0.5) is 11.4 Å². The Morgan fingerprint density at radius 1 is 0.857 bits per heavy atom. The minimum atomic E-state index is -0.174. The summed E-state index contributed by atoms with van der Waals surface area (Å²) in [5.41, 5.74) is 2.63. The Bertz CT molecular complexity index is 933. The topological polar surface area (TPSA) is 50.4 Å². The number of rotatable bonds is 8. The number of carbonyl (C=O) groups is 1. The highest BCUT2D eigenvalue weighted by Crippen LogP contribution is 2.25. The quantitative estimate of drug-likeness (QED) is 0.499. The summed E-state index contributed by atoms with van der Waals surface area (Å²) in [4.78, 5) is 12.2. The molecular weight excluding hydrogens is 395 g/mol. The number of nitrogens with one attached hydrogen (secondary N) is 2. The fourth-order valence-corrected chi connectivity index (χ4v) is 2.89. The summed E-state index contributed by atoms with van der Waals surface area (Å²) in [5.74, 6) is 0.540. The number of anilines is 2. The Balaban J connectivity index is 1.47. The number of halogens is 2. The highest BCUT2D eigenvalue weighted by Gasteiger charge is 2.05. The molecule has 0 spiro atoms. The van der Waals surface area contributed by atoms with E-state index in [0.29, 0.717) is 28.1 Å². The van der Waals surface area contributed by atoms with E-state index in [1.165, 1.54) is 5.56 Å². The second kappa shape index (κ2) is 10.0. The van der Waals surface area contributed by atoms with Gasteiger partial charge in [0, 0.05) is 23.9 Å². The van der Waals surface area contributed by atoms with Crippen LogP contribution in [-0.2, 0) is 11.2 Å². The molecule has 0 unspecified atom stereocenters. The largest absolute Gasteiger partial charge is 0.493 e. The SMILES string of the molecule is O=C(CNc1ccc(Cl)c(Cl)c1)Nc1cccc(OCCc2ccccc2)c1. The van der Waals surface area contributed by atoms with Crippen molar-refractivity contribution in [3.63, 3.8) is 0 Å². The van der Waals surface area contributed by atoms with Gasteiger partial charge in [-0.25, -0.2) is 0 Å². The van der Waals surface area contributed by atoms with Crippen molar-refractivity contribution in [2.45, 2.75) is 6.42 Å². The van der Waals surface area contributed by atoms with Gasteiger partial charge in [-0.3, -0.25) is 4.79 Å². The van der Waals surface area contributed by atoms with Crippen LogP contribution in [0.1, 0.15) is 5.56 Å². The highest BCUT2D eigenvalue weighted by atomic mass is 35.5. The van der Waals surface area contributed by atoms with Gasteiger partial charge in [0.1, 0.15) is 5.75 Å². The molecule has 0 saturated carbocycles. The summed E-state index contributed by atoms with van der Waals surface area (Å²) in [6.07, 6.45) is 0.824. The summed E-state index contributed by atoms with van der Waals surface area (Å²) in [5, 5.41) is 6.77. The summed E-state index contributed by atoms with van der Waals surface area (Å²) >= 11 is 11.9. The van der Waals surface area contributed by atoms with Crippen molar-refractivity contribution in [1.29, 1.82) is 0 Å². The minimum absolute atomic E-state index is 0.108. The molecule has 0 bridgehead atoms. The van der Waals surface area contributed by atoms with Gasteiger partial charge >= 0.3 is 0 Å². The summed E-state index contributed by atoms with van der Waals surface area (Å²) < 4.78 is 5.79. The van der Waals surface area contributed by atoms with Crippen molar-refractivity contribution in [2.24, 2.45) is 0 Å². The number of carbonyl (C=O) groups excluding carboxylic acids is 1. The fourth-order valence-electron chi connectivity index (χ4n) is 2.59. The molecule has 0 atom stereocenters. The Morgan fingerprint density at radius 2 is 1.68 bits per heavy atom. The predicted molar refractivity (Wildman–Crippen MR) is 116 cm³/mol. The third-order valence-electron chi connectivity index (χ3n) is 3.99. The molecule has 0 aromatic heterocycles. The molecule has 144 valence electrons. The number of hydrogen-bond acceptors (Lipinski definition) is 3. The van der Waals surface area contributed by atoms with Crippen LogP contribution in [0.3, 0.4) is 0 Å². The molecular formula is C22H20Cl2N2O2. The van der Waals surface area contributed by atoms with Crippen molar-refractivity contribution >= 4 is 40.5 Å². The zero-order valence-electron chi connectivity index (χ0n) is 15.1. The van der Waals surface area contributed by atoms with Gasteiger partial charge in [-0.05, 0) is 35.9 Å². The molecule has 6 heteroatoms. The Labute approximate surface area is 174 Å². The van der Waals surface area contributed by atoms with E-state index in [-0.39, 0.29) is 12.5 Å². The molecule has 0 saturated heterocycles. The first-order valence-corrected chi connectivity index (χ1v) is 9.61. The van der Waals surface area contributed by atoms with Crippen LogP contribution in [0.5, 0.6) is 5.75 Å². The predicted octanol–water partition coefficient (Wildman–Crippen LogP) is 5.67. The second-order valence-electron chi connectivity index (χ2n) is 6.14. The minimum Gasteiger partial charge on any atom is -0.493 e. The van der Waals surface area contributed by atoms with Crippen LogP contribution in [-0.4, -0.2) is 19.1 Å². The third kappa shape index (κ3) is 6.19. The summed E-state index contributed by atoms with van der Waals surface area (Å²) in [7, 11) is 0. The second-order valence-corrected chi connectivity index (χ2v) is 6.96. The molecule has 28 heavy (non-hydrogen) atoms. The molecule has 3 aromatic carbocycles. The molecule has 0 aliphatic heterocycles. The lowest BCUT2D eigenvalue weighted by atomic mass is 10.2. The number of ether oxygens (including phenoxy) is 1. The standard InChI is InChI=1S/C22H20Cl2N2O2/c23-20-10-9-17(14-21(20)24)25-15-22(27)26-18-7-4-8-19(13-18)28-12-11-16-5-2-1-3-6-16/h1-10,13-14,25H,11-12,15H2,(H,26,27). The van der Waals surface area contributed by atoms with Crippen LogP contribution in [0.2, 0.25) is 10.0 Å². The zero-order chi connectivity index (χ0) is 19.8. The van der Waals surface area contributed by atoms with E-state index < -0.39 is 0 Å². The smallest absolute Gasteiger partial charge is 0.243 e. The van der Waals surface area contributed by atoms with Gasteiger partial charge in [0.05, 0.1) is 23.2 Å². The van der Waals surface area contributed by atoms with Gasteiger partial charge in [-0.15, -0.1) is 0 Å². The normalized spacial score (nSPS) is 10.4. The lowest BCUT2D eigenvalue weighted by Crippen LogP contribution is -2.21. The molecule has 1 amide bonds. The van der Waals surface area contributed by atoms with Crippen molar-refractivity contribution in [2.75, 3.05) is 23.8 Å². The summed E-state index contributed by atoms with van der Waals surface area (Å²) in [6.45, 7) is 0.678. The number of benzene rings is 3. The molecule has 3 aromatic rings. The molecule has 0 aliphatic rings. The first kappa shape index (κ1) is 20.1. The van der Waals surface area contributed by atoms with Crippen LogP contribution < -0.4 is 15.4 Å². The molecule has 4 nitrogen and oxygen atoms in total. The highest BCUT2D eigenvalue weighted by molar-refractivity contribution is 6.42. The van der Waals surface area contributed by atoms with Gasteiger partial charge in [-0.2, -0.15) is 0 Å². The average molecular weight is 415 g/mol. The maximum atomic E-state index is 12.2. The fraction of sp³-hybridized carbons (Fsp3) is 0.136. The van der Waals surface area contributed by atoms with E-state index in [1.807, 2.05) is 42.5 Å². The van der Waals surface area contributed by atoms with Crippen molar-refractivity contribution in [1.82, 2.24) is 0 Å². The van der Waals surface area contributed by atoms with E-state index in [4.69, 9.17) is 27.9 Å². The van der Waals surface area contributed by atoms with Crippen LogP contribution >= 0.6 is 23.2 Å². The van der Waals surface area contributed by atoms with Crippen LogP contribution in [0.25, 0.3) is 0 Å². The van der Waals surface area contributed by atoms with E-state index in [9.17, 15) is 4.79 Å². The Kier molecular flexibility index (Phi) is 7.18. The molecule has 0 heterocycles. The molecule has 2 N–H and O–H groups in total. The number of amides is 1. The van der Waals surface area contributed by atoms with Gasteiger partial charge < -0.3 is 15.4 Å². The average Bonchev–Trinajstić information content (AvgIpc) is 2.70. The van der Waals surface area contributed by atoms with Crippen LogP contribution in [0.15, 0.2) is 72.8 Å². The van der Waals surface area contributed by atoms with E-state index in [0.717, 1.165) is 12.1 Å². The lowest BCUT2D eigenvalue weighted by Gasteiger charge is -2.11. The zero-order valence-corrected chi connectivity index (χ0v) is 16.6. The van der Waals surface area contributed by atoms with E-state index in [1.54, 1.807) is 18.2 Å². The van der Waals surface area contributed by atoms with Crippen molar-refractivity contribution in [3.05, 3.63) is 88.4 Å². The number of hydrogen-bond donors (Lipinski definition) is 2. The Morgan fingerprint density at radius 3 is 2.46 bits per heavy atom. The molecule has 0 aliphatic carbocycles. The van der Waals surface area contributed by atoms with Gasteiger partial charge in [0.25, 0.3) is 0 Å². The first-order valence-electron chi connectivity index (χ1n) is 8.86. The summed E-state index contributed by atoms with van der Waals surface area (Å²) in [6, 6.07) is 22.6. The maximum absolute atomic E-state index is 12.2. The van der Waals surface area contributed by atoms with E-state index in [2.05, 4.69) is 22.8 Å². The van der Waals surface area contributed by atoms with Crippen LogP contribution in [0, 0.1) is 0 Å². The Hall–Kier alpha value is -2.69.